The molecule has 1 aromatic heterocycles. The van der Waals surface area contributed by atoms with Crippen LogP contribution in [0.1, 0.15) is 24.1 Å². The first-order valence-corrected chi connectivity index (χ1v) is 10.3. The van der Waals surface area contributed by atoms with E-state index in [0.29, 0.717) is 5.69 Å². The Hall–Kier alpha value is -1.48. The second-order valence-electron chi connectivity index (χ2n) is 6.08. The van der Waals surface area contributed by atoms with Gasteiger partial charge in [-0.15, -0.1) is 0 Å². The van der Waals surface area contributed by atoms with E-state index in [4.69, 9.17) is 5.73 Å². The van der Waals surface area contributed by atoms with Crippen LogP contribution in [0.3, 0.4) is 0 Å². The minimum absolute atomic E-state index is 0.0373. The van der Waals surface area contributed by atoms with E-state index in [1.807, 2.05) is 18.2 Å². The maximum Gasteiger partial charge on any atom is 0.252 e. The quantitative estimate of drug-likeness (QED) is 0.845. The molecule has 0 bridgehead atoms. The number of anilines is 1. The summed E-state index contributed by atoms with van der Waals surface area (Å²) in [6.45, 7) is 4.34. The van der Waals surface area contributed by atoms with Gasteiger partial charge in [-0.3, -0.25) is 4.90 Å². The number of rotatable bonds is 5. The minimum atomic E-state index is -3.54. The van der Waals surface area contributed by atoms with E-state index in [0.717, 1.165) is 43.8 Å². The maximum atomic E-state index is 12.5. The zero-order chi connectivity index (χ0) is 17.2. The molecule has 0 amide bonds. The van der Waals surface area contributed by atoms with Gasteiger partial charge in [-0.05, 0) is 25.3 Å². The van der Waals surface area contributed by atoms with E-state index in [2.05, 4.69) is 26.7 Å². The normalized spacial score (nSPS) is 17.2. The molecule has 2 aromatic rings. The van der Waals surface area contributed by atoms with Crippen molar-refractivity contribution in [1.82, 2.24) is 14.6 Å². The SMILES string of the molecule is Cc1nc(N)sc1S(=O)(=O)NC1CCN(Cc2ccccc2)CC1. The Kier molecular flexibility index (Phi) is 5.19. The largest absolute Gasteiger partial charge is 0.375 e. The molecular formula is C16H22N4O2S2. The van der Waals surface area contributed by atoms with Gasteiger partial charge >= 0.3 is 0 Å². The van der Waals surface area contributed by atoms with E-state index < -0.39 is 10.0 Å². The Labute approximate surface area is 146 Å². The zero-order valence-corrected chi connectivity index (χ0v) is 15.2. The molecule has 0 aliphatic carbocycles. The third kappa shape index (κ3) is 4.13. The van der Waals surface area contributed by atoms with Crippen LogP contribution in [0.15, 0.2) is 34.5 Å². The molecule has 0 atom stereocenters. The molecule has 8 heteroatoms. The molecule has 24 heavy (non-hydrogen) atoms. The molecule has 3 N–H and O–H groups in total. The lowest BCUT2D eigenvalue weighted by atomic mass is 10.1. The number of aromatic nitrogens is 1. The number of nitrogens with one attached hydrogen (secondary N) is 1. The number of hydrogen-bond acceptors (Lipinski definition) is 6. The smallest absolute Gasteiger partial charge is 0.252 e. The van der Waals surface area contributed by atoms with Crippen LogP contribution < -0.4 is 10.5 Å². The predicted molar refractivity (Wildman–Crippen MR) is 96.3 cm³/mol. The fourth-order valence-corrected chi connectivity index (χ4v) is 5.60. The lowest BCUT2D eigenvalue weighted by Gasteiger charge is -2.32. The van der Waals surface area contributed by atoms with Gasteiger partial charge in [0, 0.05) is 25.7 Å². The Morgan fingerprint density at radius 3 is 2.54 bits per heavy atom. The fraction of sp³-hybridized carbons (Fsp3) is 0.438. The molecule has 6 nitrogen and oxygen atoms in total. The van der Waals surface area contributed by atoms with Crippen molar-refractivity contribution in [3.8, 4) is 0 Å². The van der Waals surface area contributed by atoms with Crippen LogP contribution in [0.25, 0.3) is 0 Å². The molecule has 1 fully saturated rings. The van der Waals surface area contributed by atoms with E-state index in [-0.39, 0.29) is 15.4 Å². The van der Waals surface area contributed by atoms with Crippen molar-refractivity contribution in [2.45, 2.75) is 36.6 Å². The van der Waals surface area contributed by atoms with E-state index in [1.165, 1.54) is 5.56 Å². The Bertz CT molecular complexity index is 782. The number of piperidine rings is 1. The molecule has 3 rings (SSSR count). The summed E-state index contributed by atoms with van der Waals surface area (Å²) in [6, 6.07) is 10.3. The number of aryl methyl sites for hydroxylation is 1. The van der Waals surface area contributed by atoms with Crippen LogP contribution in [-0.2, 0) is 16.6 Å². The highest BCUT2D eigenvalue weighted by atomic mass is 32.2. The monoisotopic (exact) mass is 366 g/mol. The number of benzene rings is 1. The van der Waals surface area contributed by atoms with Crippen molar-refractivity contribution >= 4 is 26.5 Å². The topological polar surface area (TPSA) is 88.3 Å². The van der Waals surface area contributed by atoms with Gasteiger partial charge in [0.15, 0.2) is 9.34 Å². The first-order valence-electron chi connectivity index (χ1n) is 7.95. The molecule has 0 saturated carbocycles. The minimum Gasteiger partial charge on any atom is -0.375 e. The molecule has 1 aliphatic heterocycles. The zero-order valence-electron chi connectivity index (χ0n) is 13.6. The van der Waals surface area contributed by atoms with E-state index >= 15 is 0 Å². The van der Waals surface area contributed by atoms with Crippen LogP contribution in [0.5, 0.6) is 0 Å². The van der Waals surface area contributed by atoms with Crippen molar-refractivity contribution in [3.05, 3.63) is 41.6 Å². The van der Waals surface area contributed by atoms with Gasteiger partial charge in [0.25, 0.3) is 10.0 Å². The number of nitrogen functional groups attached to an aromatic ring is 1. The third-order valence-corrected chi connectivity index (χ3v) is 7.29. The second kappa shape index (κ2) is 7.18. The lowest BCUT2D eigenvalue weighted by Crippen LogP contribution is -2.44. The maximum absolute atomic E-state index is 12.5. The predicted octanol–water partition coefficient (Wildman–Crippen LogP) is 1.98. The fourth-order valence-electron chi connectivity index (χ4n) is 2.98. The summed E-state index contributed by atoms with van der Waals surface area (Å²) in [4.78, 5) is 6.36. The molecule has 2 heterocycles. The van der Waals surface area contributed by atoms with Gasteiger partial charge in [-0.25, -0.2) is 18.1 Å². The first kappa shape index (κ1) is 17.3. The lowest BCUT2D eigenvalue weighted by molar-refractivity contribution is 0.200. The second-order valence-corrected chi connectivity index (χ2v) is 9.02. The molecule has 0 spiro atoms. The van der Waals surface area contributed by atoms with Crippen molar-refractivity contribution in [1.29, 1.82) is 0 Å². The highest BCUT2D eigenvalue weighted by Gasteiger charge is 2.27. The average molecular weight is 367 g/mol. The van der Waals surface area contributed by atoms with Gasteiger partial charge in [0.05, 0.1) is 5.69 Å². The number of nitrogens with two attached hydrogens (primary N) is 1. The first-order chi connectivity index (χ1) is 11.4. The number of hydrogen-bond donors (Lipinski definition) is 2. The number of sulfonamides is 1. The van der Waals surface area contributed by atoms with Gasteiger partial charge in [-0.2, -0.15) is 0 Å². The van der Waals surface area contributed by atoms with E-state index in [9.17, 15) is 8.42 Å². The van der Waals surface area contributed by atoms with Gasteiger partial charge < -0.3 is 5.73 Å². The van der Waals surface area contributed by atoms with Crippen LogP contribution in [-0.4, -0.2) is 37.4 Å². The Morgan fingerprint density at radius 1 is 1.29 bits per heavy atom. The Morgan fingerprint density at radius 2 is 1.96 bits per heavy atom. The van der Waals surface area contributed by atoms with Crippen molar-refractivity contribution in [3.63, 3.8) is 0 Å². The molecule has 1 aliphatic rings. The van der Waals surface area contributed by atoms with Crippen molar-refractivity contribution in [2.75, 3.05) is 18.8 Å². The Balaban J connectivity index is 1.56. The molecule has 0 unspecified atom stereocenters. The van der Waals surface area contributed by atoms with Crippen LogP contribution in [0.4, 0.5) is 5.13 Å². The van der Waals surface area contributed by atoms with Crippen molar-refractivity contribution < 1.29 is 8.42 Å². The summed E-state index contributed by atoms with van der Waals surface area (Å²) in [7, 11) is -3.54. The molecular weight excluding hydrogens is 344 g/mol. The van der Waals surface area contributed by atoms with Crippen LogP contribution >= 0.6 is 11.3 Å². The summed E-state index contributed by atoms with van der Waals surface area (Å²) in [5.74, 6) is 0. The number of nitrogens with zero attached hydrogens (tertiary/aromatic N) is 2. The average Bonchev–Trinajstić information content (AvgIpc) is 2.90. The van der Waals surface area contributed by atoms with Crippen molar-refractivity contribution in [2.24, 2.45) is 0 Å². The summed E-state index contributed by atoms with van der Waals surface area (Å²) < 4.78 is 28.0. The van der Waals surface area contributed by atoms with Crippen LogP contribution in [0, 0.1) is 6.92 Å². The molecule has 1 aromatic carbocycles. The van der Waals surface area contributed by atoms with Gasteiger partial charge in [0.2, 0.25) is 0 Å². The number of likely N-dealkylation sites (tertiary alicyclic amines) is 1. The highest BCUT2D eigenvalue weighted by molar-refractivity contribution is 7.91. The van der Waals surface area contributed by atoms with Crippen LogP contribution in [0.2, 0.25) is 0 Å². The summed E-state index contributed by atoms with van der Waals surface area (Å²) in [6.07, 6.45) is 1.61. The molecule has 1 saturated heterocycles. The standard InChI is InChI=1S/C16H22N4O2S2/c1-12-15(23-16(17)18-12)24(21,22)19-14-7-9-20(10-8-14)11-13-5-3-2-4-6-13/h2-6,14,19H,7-11H2,1H3,(H2,17,18). The molecule has 130 valence electrons. The summed E-state index contributed by atoms with van der Waals surface area (Å²) in [5, 5.41) is 0.283. The number of thiazole rings is 1. The summed E-state index contributed by atoms with van der Waals surface area (Å²) in [5.41, 5.74) is 7.36. The summed E-state index contributed by atoms with van der Waals surface area (Å²) >= 11 is 1.02. The van der Waals surface area contributed by atoms with Gasteiger partial charge in [0.1, 0.15) is 0 Å². The van der Waals surface area contributed by atoms with Gasteiger partial charge in [-0.1, -0.05) is 41.7 Å². The van der Waals surface area contributed by atoms with E-state index in [1.54, 1.807) is 6.92 Å². The highest BCUT2D eigenvalue weighted by Crippen LogP contribution is 2.26. The molecule has 0 radical (unpaired) electrons. The third-order valence-electron chi connectivity index (χ3n) is 4.17.